The molecule has 0 spiro atoms. The van der Waals surface area contributed by atoms with Gasteiger partial charge in [-0.15, -0.1) is 0 Å². The van der Waals surface area contributed by atoms with Crippen molar-refractivity contribution in [1.82, 2.24) is 19.2 Å². The van der Waals surface area contributed by atoms with E-state index in [1.807, 2.05) is 0 Å². The van der Waals surface area contributed by atoms with E-state index in [0.717, 1.165) is 31.7 Å². The Morgan fingerprint density at radius 2 is 1.67 bits per heavy atom. The number of rotatable bonds is 3. The summed E-state index contributed by atoms with van der Waals surface area (Å²) in [6, 6.07) is 1.75. The van der Waals surface area contributed by atoms with Crippen LogP contribution in [0, 0.1) is 0 Å². The summed E-state index contributed by atoms with van der Waals surface area (Å²) in [6.07, 6.45) is 6.14. The summed E-state index contributed by atoms with van der Waals surface area (Å²) in [5, 5.41) is 0. The van der Waals surface area contributed by atoms with E-state index < -0.39 is 10.0 Å². The summed E-state index contributed by atoms with van der Waals surface area (Å²) in [5.74, 6) is 0.631. The number of piperidine rings is 1. The number of hydrogen-bond donors (Lipinski definition) is 0. The molecule has 0 unspecified atom stereocenters. The van der Waals surface area contributed by atoms with E-state index in [1.165, 1.54) is 23.3 Å². The Hall–Kier alpha value is -1.74. The molecule has 0 bridgehead atoms. The minimum Gasteiger partial charge on any atom is -0.357 e. The molecule has 0 radical (unpaired) electrons. The molecular formula is C15H23N5O3S. The maximum Gasteiger partial charge on any atom is 0.272 e. The first kappa shape index (κ1) is 17.1. The molecule has 2 saturated heterocycles. The van der Waals surface area contributed by atoms with Crippen LogP contribution < -0.4 is 4.90 Å². The van der Waals surface area contributed by atoms with E-state index in [2.05, 4.69) is 14.9 Å². The Balaban J connectivity index is 1.67. The summed E-state index contributed by atoms with van der Waals surface area (Å²) in [7, 11) is -3.20. The van der Waals surface area contributed by atoms with Gasteiger partial charge in [0.1, 0.15) is 17.8 Å². The van der Waals surface area contributed by atoms with Crippen molar-refractivity contribution in [3.63, 3.8) is 0 Å². The van der Waals surface area contributed by atoms with Crippen LogP contribution in [0.4, 0.5) is 5.82 Å². The molecule has 24 heavy (non-hydrogen) atoms. The smallest absolute Gasteiger partial charge is 0.272 e. The molecule has 3 heterocycles. The number of carbonyl (C=O) groups is 1. The zero-order chi connectivity index (χ0) is 17.2. The van der Waals surface area contributed by atoms with Gasteiger partial charge in [-0.25, -0.2) is 18.4 Å². The number of aromatic nitrogens is 2. The largest absolute Gasteiger partial charge is 0.357 e. The van der Waals surface area contributed by atoms with Crippen molar-refractivity contribution < 1.29 is 13.2 Å². The SMILES string of the molecule is CS(=O)(=O)N1CCN(C(=O)c2cc(N3CCCCC3)ncn2)CC1. The van der Waals surface area contributed by atoms with Crippen molar-refractivity contribution in [1.29, 1.82) is 0 Å². The van der Waals surface area contributed by atoms with Crippen molar-refractivity contribution in [2.75, 3.05) is 50.4 Å². The molecule has 1 aromatic heterocycles. The van der Waals surface area contributed by atoms with Gasteiger partial charge in [0.25, 0.3) is 5.91 Å². The molecule has 9 heteroatoms. The van der Waals surface area contributed by atoms with Crippen LogP contribution in [0.2, 0.25) is 0 Å². The number of amides is 1. The van der Waals surface area contributed by atoms with Crippen LogP contribution in [0.15, 0.2) is 12.4 Å². The Morgan fingerprint density at radius 1 is 1.00 bits per heavy atom. The average Bonchev–Trinajstić information content (AvgIpc) is 2.61. The summed E-state index contributed by atoms with van der Waals surface area (Å²) in [4.78, 5) is 24.9. The van der Waals surface area contributed by atoms with Gasteiger partial charge < -0.3 is 9.80 Å². The number of hydrogen-bond acceptors (Lipinski definition) is 6. The van der Waals surface area contributed by atoms with Crippen LogP contribution >= 0.6 is 0 Å². The van der Waals surface area contributed by atoms with Crippen molar-refractivity contribution in [3.05, 3.63) is 18.1 Å². The fourth-order valence-electron chi connectivity index (χ4n) is 3.14. The van der Waals surface area contributed by atoms with Crippen LogP contribution in [-0.4, -0.2) is 79.0 Å². The van der Waals surface area contributed by atoms with Gasteiger partial charge in [0.15, 0.2) is 0 Å². The van der Waals surface area contributed by atoms with Crippen LogP contribution in [0.3, 0.4) is 0 Å². The Kier molecular flexibility index (Phi) is 5.00. The highest BCUT2D eigenvalue weighted by atomic mass is 32.2. The molecule has 1 aromatic rings. The van der Waals surface area contributed by atoms with Gasteiger partial charge in [0.2, 0.25) is 10.0 Å². The number of nitrogens with zero attached hydrogens (tertiary/aromatic N) is 5. The molecule has 0 aliphatic carbocycles. The highest BCUT2D eigenvalue weighted by molar-refractivity contribution is 7.88. The maximum absolute atomic E-state index is 12.6. The lowest BCUT2D eigenvalue weighted by molar-refractivity contribution is 0.0692. The quantitative estimate of drug-likeness (QED) is 0.771. The van der Waals surface area contributed by atoms with Gasteiger partial charge in [-0.2, -0.15) is 4.31 Å². The van der Waals surface area contributed by atoms with Gasteiger partial charge in [-0.05, 0) is 19.3 Å². The number of sulfonamides is 1. The van der Waals surface area contributed by atoms with Crippen molar-refractivity contribution in [3.8, 4) is 0 Å². The van der Waals surface area contributed by atoms with Crippen LogP contribution in [0.1, 0.15) is 29.8 Å². The first-order valence-electron chi connectivity index (χ1n) is 8.26. The first-order chi connectivity index (χ1) is 11.4. The van der Waals surface area contributed by atoms with Crippen LogP contribution in [0.25, 0.3) is 0 Å². The molecule has 8 nitrogen and oxygen atoms in total. The standard InChI is InChI=1S/C15H23N5O3S/c1-24(22,23)20-9-7-19(8-10-20)15(21)13-11-14(17-12-16-13)18-5-3-2-4-6-18/h11-12H,2-10H2,1H3. The number of anilines is 1. The van der Waals surface area contributed by atoms with Gasteiger partial charge in [0.05, 0.1) is 6.26 Å². The van der Waals surface area contributed by atoms with Crippen molar-refractivity contribution in [2.45, 2.75) is 19.3 Å². The normalized spacial score (nSPS) is 20.2. The molecule has 132 valence electrons. The van der Waals surface area contributed by atoms with Crippen LogP contribution in [0.5, 0.6) is 0 Å². The Bertz CT molecular complexity index is 695. The van der Waals surface area contributed by atoms with Gasteiger partial charge >= 0.3 is 0 Å². The second-order valence-electron chi connectivity index (χ2n) is 6.26. The van der Waals surface area contributed by atoms with Gasteiger partial charge in [0, 0.05) is 45.3 Å². The third-order valence-corrected chi connectivity index (χ3v) is 5.85. The predicted octanol–water partition coefficient (Wildman–Crippen LogP) is 0.184. The van der Waals surface area contributed by atoms with Crippen molar-refractivity contribution in [2.24, 2.45) is 0 Å². The molecular weight excluding hydrogens is 330 g/mol. The van der Waals surface area contributed by atoms with Gasteiger partial charge in [-0.1, -0.05) is 0 Å². The monoisotopic (exact) mass is 353 g/mol. The Morgan fingerprint density at radius 3 is 2.29 bits per heavy atom. The number of piperazine rings is 1. The average molecular weight is 353 g/mol. The minimum atomic E-state index is -3.20. The summed E-state index contributed by atoms with van der Waals surface area (Å²) >= 11 is 0. The topological polar surface area (TPSA) is 86.7 Å². The van der Waals surface area contributed by atoms with E-state index in [4.69, 9.17) is 0 Å². The zero-order valence-corrected chi connectivity index (χ0v) is 14.7. The molecule has 2 fully saturated rings. The highest BCUT2D eigenvalue weighted by Crippen LogP contribution is 2.18. The molecule has 0 atom stereocenters. The van der Waals surface area contributed by atoms with E-state index >= 15 is 0 Å². The van der Waals surface area contributed by atoms with Gasteiger partial charge in [-0.3, -0.25) is 4.79 Å². The van der Waals surface area contributed by atoms with E-state index in [9.17, 15) is 13.2 Å². The van der Waals surface area contributed by atoms with E-state index in [0.29, 0.717) is 31.9 Å². The lowest BCUT2D eigenvalue weighted by Gasteiger charge is -2.33. The fourth-order valence-corrected chi connectivity index (χ4v) is 3.97. The molecule has 0 saturated carbocycles. The minimum absolute atomic E-state index is 0.163. The number of carbonyl (C=O) groups excluding carboxylic acids is 1. The summed E-state index contributed by atoms with van der Waals surface area (Å²) in [5.41, 5.74) is 0.373. The maximum atomic E-state index is 12.6. The molecule has 0 aromatic carbocycles. The third-order valence-electron chi connectivity index (χ3n) is 4.55. The fraction of sp³-hybridized carbons (Fsp3) is 0.667. The predicted molar refractivity (Wildman–Crippen MR) is 90.4 cm³/mol. The summed E-state index contributed by atoms with van der Waals surface area (Å²) in [6.45, 7) is 3.34. The van der Waals surface area contributed by atoms with E-state index in [1.54, 1.807) is 11.0 Å². The lowest BCUT2D eigenvalue weighted by atomic mass is 10.1. The van der Waals surface area contributed by atoms with Crippen LogP contribution in [-0.2, 0) is 10.0 Å². The molecule has 0 N–H and O–H groups in total. The lowest BCUT2D eigenvalue weighted by Crippen LogP contribution is -2.50. The molecule has 3 rings (SSSR count). The second kappa shape index (κ2) is 7.02. The first-order valence-corrected chi connectivity index (χ1v) is 10.1. The van der Waals surface area contributed by atoms with E-state index in [-0.39, 0.29) is 5.91 Å². The Labute approximate surface area is 142 Å². The highest BCUT2D eigenvalue weighted by Gasteiger charge is 2.27. The summed E-state index contributed by atoms with van der Waals surface area (Å²) < 4.78 is 24.5. The third kappa shape index (κ3) is 3.84. The molecule has 2 aliphatic rings. The zero-order valence-electron chi connectivity index (χ0n) is 13.9. The van der Waals surface area contributed by atoms with Crippen molar-refractivity contribution >= 4 is 21.7 Å². The molecule has 1 amide bonds. The second-order valence-corrected chi connectivity index (χ2v) is 8.25. The molecule has 2 aliphatic heterocycles.